The molecule has 0 atom stereocenters. The van der Waals surface area contributed by atoms with Gasteiger partial charge < -0.3 is 5.32 Å². The maximum absolute atomic E-state index is 12.3. The molecular weight excluding hydrogens is 312 g/mol. The summed E-state index contributed by atoms with van der Waals surface area (Å²) in [4.78, 5) is 8.08. The largest absolute Gasteiger partial charge is 0.372 e. The predicted octanol–water partition coefficient (Wildman–Crippen LogP) is 2.59. The van der Waals surface area contributed by atoms with Crippen LogP contribution in [0.25, 0.3) is 0 Å². The van der Waals surface area contributed by atoms with Crippen LogP contribution < -0.4 is 10.0 Å². The highest BCUT2D eigenvalue weighted by atomic mass is 35.5. The minimum atomic E-state index is -3.78. The molecule has 0 aliphatic rings. The van der Waals surface area contributed by atoms with Crippen LogP contribution in [0, 0.1) is 13.8 Å². The number of hydrogen-bond acceptors (Lipinski definition) is 5. The Kier molecular flexibility index (Phi) is 4.34. The number of rotatable bonds is 4. The summed E-state index contributed by atoms with van der Waals surface area (Å²) in [5.74, 6) is 0.682. The smallest absolute Gasteiger partial charge is 0.264 e. The molecule has 0 unspecified atom stereocenters. The number of nitrogens with one attached hydrogen (secondary N) is 2. The fourth-order valence-corrected chi connectivity index (χ4v) is 3.13. The fraction of sp³-hybridized carbons (Fsp3) is 0.231. The fourth-order valence-electron chi connectivity index (χ4n) is 1.84. The van der Waals surface area contributed by atoms with Gasteiger partial charge in [0.25, 0.3) is 10.0 Å². The first-order chi connectivity index (χ1) is 9.81. The molecule has 112 valence electrons. The van der Waals surface area contributed by atoms with Gasteiger partial charge in [0.05, 0.1) is 5.02 Å². The topological polar surface area (TPSA) is 84.0 Å². The van der Waals surface area contributed by atoms with E-state index in [1.165, 1.54) is 12.3 Å². The van der Waals surface area contributed by atoms with Crippen LogP contribution in [-0.2, 0) is 10.0 Å². The zero-order chi connectivity index (χ0) is 15.6. The third kappa shape index (κ3) is 3.62. The molecule has 0 aliphatic heterocycles. The third-order valence-electron chi connectivity index (χ3n) is 2.70. The van der Waals surface area contributed by atoms with Crippen molar-refractivity contribution in [3.63, 3.8) is 0 Å². The molecule has 0 fully saturated rings. The lowest BCUT2D eigenvalue weighted by Gasteiger charge is -2.10. The molecule has 21 heavy (non-hydrogen) atoms. The molecule has 8 heteroatoms. The molecule has 0 radical (unpaired) electrons. The van der Waals surface area contributed by atoms with Gasteiger partial charge in [0.1, 0.15) is 16.5 Å². The second-order valence-corrected chi connectivity index (χ2v) is 6.62. The van der Waals surface area contributed by atoms with Crippen molar-refractivity contribution in [1.29, 1.82) is 0 Å². The molecule has 2 aromatic rings. The molecule has 0 amide bonds. The van der Waals surface area contributed by atoms with E-state index in [-0.39, 0.29) is 15.7 Å². The Morgan fingerprint density at radius 3 is 2.48 bits per heavy atom. The van der Waals surface area contributed by atoms with E-state index in [0.29, 0.717) is 5.82 Å². The first-order valence-electron chi connectivity index (χ1n) is 6.13. The van der Waals surface area contributed by atoms with Gasteiger partial charge in [0, 0.05) is 18.9 Å². The minimum Gasteiger partial charge on any atom is -0.372 e. The van der Waals surface area contributed by atoms with Crippen molar-refractivity contribution in [3.8, 4) is 0 Å². The van der Waals surface area contributed by atoms with E-state index in [1.807, 2.05) is 13.0 Å². The summed E-state index contributed by atoms with van der Waals surface area (Å²) in [6, 6.07) is 4.85. The van der Waals surface area contributed by atoms with E-state index < -0.39 is 10.0 Å². The molecule has 0 spiro atoms. The number of anilines is 2. The molecule has 2 rings (SSSR count). The molecule has 6 nitrogen and oxygen atoms in total. The van der Waals surface area contributed by atoms with E-state index in [4.69, 9.17) is 11.6 Å². The van der Waals surface area contributed by atoms with Gasteiger partial charge in [-0.1, -0.05) is 11.6 Å². The summed E-state index contributed by atoms with van der Waals surface area (Å²) in [7, 11) is -2.13. The maximum atomic E-state index is 12.3. The number of pyridine rings is 2. The van der Waals surface area contributed by atoms with E-state index in [9.17, 15) is 8.42 Å². The quantitative estimate of drug-likeness (QED) is 0.902. The van der Waals surface area contributed by atoms with Crippen LogP contribution in [0.2, 0.25) is 5.02 Å². The van der Waals surface area contributed by atoms with Gasteiger partial charge in [0.2, 0.25) is 0 Å². The van der Waals surface area contributed by atoms with Crippen LogP contribution in [-0.4, -0.2) is 25.4 Å². The number of aryl methyl sites for hydroxylation is 2. The summed E-state index contributed by atoms with van der Waals surface area (Å²) in [6.07, 6.45) is 1.24. The average molecular weight is 327 g/mol. The van der Waals surface area contributed by atoms with Crippen LogP contribution >= 0.6 is 11.6 Å². The van der Waals surface area contributed by atoms with Crippen LogP contribution in [0.1, 0.15) is 11.3 Å². The van der Waals surface area contributed by atoms with Gasteiger partial charge in [-0.25, -0.2) is 18.4 Å². The second-order valence-electron chi connectivity index (χ2n) is 4.53. The summed E-state index contributed by atoms with van der Waals surface area (Å²) in [5.41, 5.74) is 1.65. The Balaban J connectivity index is 2.36. The molecule has 0 bridgehead atoms. The van der Waals surface area contributed by atoms with Crippen molar-refractivity contribution in [3.05, 3.63) is 40.7 Å². The highest BCUT2D eigenvalue weighted by Gasteiger charge is 2.17. The van der Waals surface area contributed by atoms with Crippen molar-refractivity contribution in [2.45, 2.75) is 18.7 Å². The van der Waals surface area contributed by atoms with Crippen LogP contribution in [0.5, 0.6) is 0 Å². The molecule has 2 heterocycles. The average Bonchev–Trinajstić information content (AvgIpc) is 2.36. The van der Waals surface area contributed by atoms with Gasteiger partial charge in [-0.3, -0.25) is 4.72 Å². The predicted molar refractivity (Wildman–Crippen MR) is 83.3 cm³/mol. The zero-order valence-corrected chi connectivity index (χ0v) is 13.4. The van der Waals surface area contributed by atoms with Crippen molar-refractivity contribution in [2.24, 2.45) is 0 Å². The van der Waals surface area contributed by atoms with Gasteiger partial charge >= 0.3 is 0 Å². The van der Waals surface area contributed by atoms with Gasteiger partial charge in [0.15, 0.2) is 0 Å². The third-order valence-corrected chi connectivity index (χ3v) is 4.31. The number of hydrogen-bond donors (Lipinski definition) is 2. The number of aromatic nitrogens is 2. The van der Waals surface area contributed by atoms with Crippen molar-refractivity contribution in [1.82, 2.24) is 9.97 Å². The summed E-state index contributed by atoms with van der Waals surface area (Å²) < 4.78 is 27.0. The number of nitrogens with zero attached hydrogens (tertiary/aromatic N) is 2. The molecule has 0 aromatic carbocycles. The lowest BCUT2D eigenvalue weighted by molar-refractivity contribution is 0.600. The number of halogens is 1. The zero-order valence-electron chi connectivity index (χ0n) is 11.8. The lowest BCUT2D eigenvalue weighted by atomic mass is 10.2. The Morgan fingerprint density at radius 1 is 1.19 bits per heavy atom. The van der Waals surface area contributed by atoms with Gasteiger partial charge in [-0.2, -0.15) is 0 Å². The molecule has 2 N–H and O–H groups in total. The van der Waals surface area contributed by atoms with Crippen LogP contribution in [0.4, 0.5) is 11.6 Å². The van der Waals surface area contributed by atoms with Crippen molar-refractivity contribution in [2.75, 3.05) is 17.1 Å². The minimum absolute atomic E-state index is 0.0209. The monoisotopic (exact) mass is 326 g/mol. The molecule has 0 aliphatic carbocycles. The Bertz CT molecular complexity index is 757. The first kappa shape index (κ1) is 15.5. The maximum Gasteiger partial charge on any atom is 0.264 e. The highest BCUT2D eigenvalue weighted by molar-refractivity contribution is 7.92. The molecule has 2 aromatic heterocycles. The van der Waals surface area contributed by atoms with E-state index >= 15 is 0 Å². The Labute approximate surface area is 128 Å². The first-order valence-corrected chi connectivity index (χ1v) is 7.99. The lowest BCUT2D eigenvalue weighted by Crippen LogP contribution is -2.15. The number of sulfonamides is 1. The van der Waals surface area contributed by atoms with Crippen LogP contribution in [0.15, 0.2) is 29.3 Å². The normalized spacial score (nSPS) is 11.2. The highest BCUT2D eigenvalue weighted by Crippen LogP contribution is 2.23. The van der Waals surface area contributed by atoms with Crippen molar-refractivity contribution >= 4 is 33.3 Å². The van der Waals surface area contributed by atoms with E-state index in [0.717, 1.165) is 11.3 Å². The molecular formula is C13H15ClN4O2S. The van der Waals surface area contributed by atoms with Gasteiger partial charge in [-0.15, -0.1) is 0 Å². The standard InChI is InChI=1S/C13H15ClN4O2S/c1-8-4-9(2)17-12(5-8)18-21(19,20)10-6-11(14)13(15-3)16-7-10/h4-7H,1-3H3,(H,15,16)(H,17,18). The van der Waals surface area contributed by atoms with Gasteiger partial charge in [-0.05, 0) is 37.6 Å². The molecule has 0 saturated carbocycles. The van der Waals surface area contributed by atoms with Crippen molar-refractivity contribution < 1.29 is 8.42 Å². The summed E-state index contributed by atoms with van der Waals surface area (Å²) in [5, 5.41) is 3.00. The molecule has 0 saturated heterocycles. The summed E-state index contributed by atoms with van der Waals surface area (Å²) >= 11 is 5.96. The Morgan fingerprint density at radius 2 is 1.90 bits per heavy atom. The van der Waals surface area contributed by atoms with E-state index in [1.54, 1.807) is 20.0 Å². The summed E-state index contributed by atoms with van der Waals surface area (Å²) in [6.45, 7) is 3.66. The van der Waals surface area contributed by atoms with Crippen LogP contribution in [0.3, 0.4) is 0 Å². The Hall–Kier alpha value is -1.86. The SMILES string of the molecule is CNc1ncc(S(=O)(=O)Nc2cc(C)cc(C)n2)cc1Cl. The second kappa shape index (κ2) is 5.87. The van der Waals surface area contributed by atoms with E-state index in [2.05, 4.69) is 20.0 Å².